The third kappa shape index (κ3) is 2.81. The lowest BCUT2D eigenvalue weighted by atomic mass is 10.1. The summed E-state index contributed by atoms with van der Waals surface area (Å²) in [7, 11) is 0. The van der Waals surface area contributed by atoms with Crippen molar-refractivity contribution in [3.05, 3.63) is 57.2 Å². The molecule has 0 aliphatic carbocycles. The quantitative estimate of drug-likeness (QED) is 0.740. The van der Waals surface area contributed by atoms with Gasteiger partial charge in [-0.25, -0.2) is 4.98 Å². The molecule has 22 heavy (non-hydrogen) atoms. The molecule has 1 unspecified atom stereocenters. The highest BCUT2D eigenvalue weighted by atomic mass is 32.1. The molecule has 3 heterocycles. The SMILES string of the molecule is CCc1cc2c(=O)n(C(C)Cc3cccc(C)n3)cnc2s1. The molecule has 0 N–H and O–H groups in total. The van der Waals surface area contributed by atoms with Gasteiger partial charge < -0.3 is 0 Å². The van der Waals surface area contributed by atoms with Crippen LogP contribution in [0.3, 0.4) is 0 Å². The Bertz CT molecular complexity index is 866. The van der Waals surface area contributed by atoms with E-state index in [2.05, 4.69) is 16.9 Å². The summed E-state index contributed by atoms with van der Waals surface area (Å²) in [5, 5.41) is 0.730. The van der Waals surface area contributed by atoms with E-state index in [1.807, 2.05) is 38.1 Å². The third-order valence-electron chi connectivity index (χ3n) is 3.80. The zero-order valence-corrected chi connectivity index (χ0v) is 13.9. The molecule has 4 nitrogen and oxygen atoms in total. The van der Waals surface area contributed by atoms with Crippen molar-refractivity contribution in [2.24, 2.45) is 0 Å². The van der Waals surface area contributed by atoms with Gasteiger partial charge in [0.1, 0.15) is 4.83 Å². The number of fused-ring (bicyclic) bond motifs is 1. The van der Waals surface area contributed by atoms with Gasteiger partial charge in [0.2, 0.25) is 0 Å². The standard InChI is InChI=1S/C17H19N3OS/c1-4-14-9-15-16(22-14)18-10-20(17(15)21)12(3)8-13-7-5-6-11(2)19-13/h5-7,9-10,12H,4,8H2,1-3H3. The summed E-state index contributed by atoms with van der Waals surface area (Å²) in [5.74, 6) is 0. The molecule has 3 aromatic heterocycles. The van der Waals surface area contributed by atoms with Gasteiger partial charge in [-0.15, -0.1) is 11.3 Å². The summed E-state index contributed by atoms with van der Waals surface area (Å²) < 4.78 is 1.72. The number of rotatable bonds is 4. The van der Waals surface area contributed by atoms with Crippen LogP contribution in [0.25, 0.3) is 10.2 Å². The molecule has 0 aromatic carbocycles. The van der Waals surface area contributed by atoms with E-state index in [1.165, 1.54) is 4.88 Å². The number of aromatic nitrogens is 3. The molecule has 0 bridgehead atoms. The fourth-order valence-electron chi connectivity index (χ4n) is 2.59. The Balaban J connectivity index is 1.95. The van der Waals surface area contributed by atoms with E-state index in [-0.39, 0.29) is 11.6 Å². The van der Waals surface area contributed by atoms with Gasteiger partial charge >= 0.3 is 0 Å². The fraction of sp³-hybridized carbons (Fsp3) is 0.353. The zero-order chi connectivity index (χ0) is 15.7. The second-order valence-corrected chi connectivity index (χ2v) is 6.68. The van der Waals surface area contributed by atoms with Crippen molar-refractivity contribution in [2.45, 2.75) is 39.7 Å². The lowest BCUT2D eigenvalue weighted by Crippen LogP contribution is -2.24. The van der Waals surface area contributed by atoms with E-state index >= 15 is 0 Å². The Morgan fingerprint density at radius 2 is 2.18 bits per heavy atom. The topological polar surface area (TPSA) is 47.8 Å². The van der Waals surface area contributed by atoms with Crippen molar-refractivity contribution in [2.75, 3.05) is 0 Å². The lowest BCUT2D eigenvalue weighted by molar-refractivity contribution is 0.517. The summed E-state index contributed by atoms with van der Waals surface area (Å²) in [5.41, 5.74) is 2.04. The number of aryl methyl sites for hydroxylation is 2. The maximum Gasteiger partial charge on any atom is 0.262 e. The molecule has 0 aliphatic rings. The number of hydrogen-bond acceptors (Lipinski definition) is 4. The molecule has 0 amide bonds. The summed E-state index contributed by atoms with van der Waals surface area (Å²) in [4.78, 5) is 23.7. The average Bonchev–Trinajstić information content (AvgIpc) is 2.91. The minimum atomic E-state index is 0.0312. The highest BCUT2D eigenvalue weighted by molar-refractivity contribution is 7.18. The van der Waals surface area contributed by atoms with Gasteiger partial charge in [-0.2, -0.15) is 0 Å². The van der Waals surface area contributed by atoms with Crippen molar-refractivity contribution < 1.29 is 0 Å². The fourth-order valence-corrected chi connectivity index (χ4v) is 3.51. The van der Waals surface area contributed by atoms with Crippen molar-refractivity contribution in [3.63, 3.8) is 0 Å². The Morgan fingerprint density at radius 3 is 2.91 bits per heavy atom. The number of thiophene rings is 1. The Hall–Kier alpha value is -2.01. The van der Waals surface area contributed by atoms with Gasteiger partial charge in [0.15, 0.2) is 0 Å². The van der Waals surface area contributed by atoms with Gasteiger partial charge in [0, 0.05) is 28.7 Å². The van der Waals surface area contributed by atoms with E-state index in [9.17, 15) is 4.79 Å². The normalized spacial score (nSPS) is 12.7. The molecule has 5 heteroatoms. The van der Waals surface area contributed by atoms with E-state index in [0.29, 0.717) is 0 Å². The highest BCUT2D eigenvalue weighted by Gasteiger charge is 2.13. The maximum atomic E-state index is 12.7. The monoisotopic (exact) mass is 313 g/mol. The smallest absolute Gasteiger partial charge is 0.262 e. The molecule has 3 aromatic rings. The average molecular weight is 313 g/mol. The van der Waals surface area contributed by atoms with Crippen molar-refractivity contribution >= 4 is 21.6 Å². The van der Waals surface area contributed by atoms with Crippen LogP contribution in [0.2, 0.25) is 0 Å². The molecule has 1 atom stereocenters. The molecule has 0 saturated heterocycles. The molecule has 0 aliphatic heterocycles. The van der Waals surface area contributed by atoms with Crippen molar-refractivity contribution in [3.8, 4) is 0 Å². The van der Waals surface area contributed by atoms with Gasteiger partial charge in [-0.1, -0.05) is 13.0 Å². The number of hydrogen-bond donors (Lipinski definition) is 0. The predicted molar refractivity (Wildman–Crippen MR) is 90.6 cm³/mol. The van der Waals surface area contributed by atoms with Gasteiger partial charge in [-0.05, 0) is 38.5 Å². The third-order valence-corrected chi connectivity index (χ3v) is 4.99. The largest absolute Gasteiger partial charge is 0.295 e. The van der Waals surface area contributed by atoms with Crippen LogP contribution in [0, 0.1) is 6.92 Å². The first-order chi connectivity index (χ1) is 10.6. The van der Waals surface area contributed by atoms with Crippen molar-refractivity contribution in [1.82, 2.24) is 14.5 Å². The van der Waals surface area contributed by atoms with Crippen LogP contribution in [0.5, 0.6) is 0 Å². The summed E-state index contributed by atoms with van der Waals surface area (Å²) in [6.07, 6.45) is 3.32. The van der Waals surface area contributed by atoms with Gasteiger partial charge in [0.05, 0.1) is 11.7 Å². The molecule has 0 fully saturated rings. The molecule has 0 saturated carbocycles. The Labute approximate surface area is 133 Å². The Kier molecular flexibility index (Phi) is 4.07. The van der Waals surface area contributed by atoms with Crippen LogP contribution in [-0.2, 0) is 12.8 Å². The number of nitrogens with zero attached hydrogens (tertiary/aromatic N) is 3. The summed E-state index contributed by atoms with van der Waals surface area (Å²) >= 11 is 1.60. The van der Waals surface area contributed by atoms with E-state index in [4.69, 9.17) is 0 Å². The molecule has 114 valence electrons. The van der Waals surface area contributed by atoms with Crippen molar-refractivity contribution in [1.29, 1.82) is 0 Å². The van der Waals surface area contributed by atoms with Crippen LogP contribution in [0.15, 0.2) is 35.4 Å². The molecule has 0 radical (unpaired) electrons. The van der Waals surface area contributed by atoms with Crippen LogP contribution in [-0.4, -0.2) is 14.5 Å². The van der Waals surface area contributed by atoms with Gasteiger partial charge in [-0.3, -0.25) is 14.3 Å². The zero-order valence-electron chi connectivity index (χ0n) is 13.0. The minimum Gasteiger partial charge on any atom is -0.295 e. The minimum absolute atomic E-state index is 0.0312. The lowest BCUT2D eigenvalue weighted by Gasteiger charge is -2.14. The maximum absolute atomic E-state index is 12.7. The molecular formula is C17H19N3OS. The highest BCUT2D eigenvalue weighted by Crippen LogP contribution is 2.22. The predicted octanol–water partition coefficient (Wildman–Crippen LogP) is 3.53. The van der Waals surface area contributed by atoms with Crippen LogP contribution >= 0.6 is 11.3 Å². The summed E-state index contributed by atoms with van der Waals surface area (Å²) in [6, 6.07) is 7.99. The van der Waals surface area contributed by atoms with E-state index in [0.717, 1.165) is 34.4 Å². The van der Waals surface area contributed by atoms with Crippen LogP contribution in [0.1, 0.15) is 36.2 Å². The molecule has 3 rings (SSSR count). The van der Waals surface area contributed by atoms with E-state index < -0.39 is 0 Å². The summed E-state index contributed by atoms with van der Waals surface area (Å²) in [6.45, 7) is 6.10. The molecule has 0 spiro atoms. The van der Waals surface area contributed by atoms with Crippen LogP contribution < -0.4 is 5.56 Å². The van der Waals surface area contributed by atoms with Gasteiger partial charge in [0.25, 0.3) is 5.56 Å². The first kappa shape index (κ1) is 14.9. The second kappa shape index (κ2) is 6.01. The molecular weight excluding hydrogens is 294 g/mol. The first-order valence-corrected chi connectivity index (χ1v) is 8.32. The first-order valence-electron chi connectivity index (χ1n) is 7.50. The van der Waals surface area contributed by atoms with E-state index in [1.54, 1.807) is 22.2 Å². The number of pyridine rings is 1. The Morgan fingerprint density at radius 1 is 1.36 bits per heavy atom. The second-order valence-electron chi connectivity index (χ2n) is 5.57. The van der Waals surface area contributed by atoms with Crippen LogP contribution in [0.4, 0.5) is 0 Å².